The molecule has 0 spiro atoms. The summed E-state index contributed by atoms with van der Waals surface area (Å²) in [5.41, 5.74) is 2.21. The number of nitrogens with zero attached hydrogens (tertiary/aromatic N) is 2. The fraction of sp³-hybridized carbons (Fsp3) is 0.267. The zero-order valence-corrected chi connectivity index (χ0v) is 13.3. The van der Waals surface area contributed by atoms with Gasteiger partial charge in [-0.25, -0.2) is 14.4 Å². The molecule has 0 unspecified atom stereocenters. The maximum atomic E-state index is 11.7. The van der Waals surface area contributed by atoms with Gasteiger partial charge in [-0.2, -0.15) is 10.4 Å². The Bertz CT molecular complexity index is 686. The number of benzene rings is 1. The van der Waals surface area contributed by atoms with E-state index in [0.717, 1.165) is 0 Å². The number of nitrogens with one attached hydrogen (secondary N) is 1. The lowest BCUT2D eigenvalue weighted by Gasteiger charge is -2.07. The number of hydrazone groups is 1. The fourth-order valence-electron chi connectivity index (χ4n) is 1.60. The summed E-state index contributed by atoms with van der Waals surface area (Å²) in [6.45, 7) is 1.67. The van der Waals surface area contributed by atoms with Gasteiger partial charge in [0, 0.05) is 0 Å². The van der Waals surface area contributed by atoms with Crippen molar-refractivity contribution in [2.24, 2.45) is 5.10 Å². The largest absolute Gasteiger partial charge is 0.465 e. The third-order valence-corrected chi connectivity index (χ3v) is 2.65. The molecule has 0 heterocycles. The van der Waals surface area contributed by atoms with Crippen LogP contribution in [0.15, 0.2) is 23.3 Å². The number of carbonyl (C=O) groups excluding carboxylic acids is 3. The highest BCUT2D eigenvalue weighted by Gasteiger charge is 2.15. The minimum absolute atomic E-state index is 0.0627. The standard InChI is InChI=1S/C15H15N3O6/c1-4-24-15(21)12(8-16)18-17-11-6-9(13(19)22-2)5-10(7-11)14(20)23-3/h5-7,17H,4H2,1-3H3. The van der Waals surface area contributed by atoms with Crippen molar-refractivity contribution < 1.29 is 28.6 Å². The van der Waals surface area contributed by atoms with E-state index in [-0.39, 0.29) is 23.4 Å². The smallest absolute Gasteiger partial charge is 0.369 e. The van der Waals surface area contributed by atoms with E-state index in [9.17, 15) is 14.4 Å². The minimum Gasteiger partial charge on any atom is -0.465 e. The second kappa shape index (κ2) is 8.89. The van der Waals surface area contributed by atoms with Crippen molar-refractivity contribution in [2.75, 3.05) is 26.3 Å². The lowest BCUT2D eigenvalue weighted by molar-refractivity contribution is -0.134. The Labute approximate surface area is 137 Å². The number of anilines is 1. The Morgan fingerprint density at radius 1 is 1.12 bits per heavy atom. The zero-order chi connectivity index (χ0) is 18.1. The number of rotatable bonds is 6. The van der Waals surface area contributed by atoms with E-state index in [4.69, 9.17) is 5.26 Å². The van der Waals surface area contributed by atoms with Gasteiger partial charge in [0.15, 0.2) is 0 Å². The number of hydrogen-bond acceptors (Lipinski definition) is 9. The van der Waals surface area contributed by atoms with Gasteiger partial charge >= 0.3 is 17.9 Å². The summed E-state index contributed by atoms with van der Waals surface area (Å²) in [5, 5.41) is 12.5. The maximum Gasteiger partial charge on any atom is 0.369 e. The van der Waals surface area contributed by atoms with Crippen molar-refractivity contribution in [2.45, 2.75) is 6.92 Å². The molecule has 0 bridgehead atoms. The third kappa shape index (κ3) is 4.81. The lowest BCUT2D eigenvalue weighted by atomic mass is 10.1. The summed E-state index contributed by atoms with van der Waals surface area (Å²) in [6, 6.07) is 5.54. The quantitative estimate of drug-likeness (QED) is 0.355. The van der Waals surface area contributed by atoms with Crippen LogP contribution in [0.25, 0.3) is 0 Å². The summed E-state index contributed by atoms with van der Waals surface area (Å²) in [7, 11) is 2.37. The first-order valence-corrected chi connectivity index (χ1v) is 6.69. The summed E-state index contributed by atoms with van der Waals surface area (Å²) in [5.74, 6) is -2.26. The Hall–Kier alpha value is -3.41. The molecule has 1 aromatic carbocycles. The normalized spacial score (nSPS) is 10.3. The van der Waals surface area contributed by atoms with Gasteiger partial charge < -0.3 is 14.2 Å². The molecule has 126 valence electrons. The molecule has 0 saturated carbocycles. The van der Waals surface area contributed by atoms with Crippen LogP contribution in [0.3, 0.4) is 0 Å². The molecule has 9 nitrogen and oxygen atoms in total. The fourth-order valence-corrected chi connectivity index (χ4v) is 1.60. The van der Waals surface area contributed by atoms with E-state index in [1.165, 1.54) is 32.4 Å². The Morgan fingerprint density at radius 2 is 1.67 bits per heavy atom. The Balaban J connectivity index is 3.18. The van der Waals surface area contributed by atoms with E-state index >= 15 is 0 Å². The average Bonchev–Trinajstić information content (AvgIpc) is 2.60. The number of methoxy groups -OCH3 is 2. The number of carbonyl (C=O) groups is 3. The van der Waals surface area contributed by atoms with Gasteiger partial charge in [0.1, 0.15) is 6.07 Å². The molecular weight excluding hydrogens is 318 g/mol. The van der Waals surface area contributed by atoms with Gasteiger partial charge in [-0.3, -0.25) is 5.43 Å². The summed E-state index contributed by atoms with van der Waals surface area (Å²) < 4.78 is 13.9. The van der Waals surface area contributed by atoms with E-state index in [1.807, 2.05) is 0 Å². The van der Waals surface area contributed by atoms with Crippen molar-refractivity contribution in [3.05, 3.63) is 29.3 Å². The van der Waals surface area contributed by atoms with Crippen molar-refractivity contribution >= 4 is 29.3 Å². The first-order valence-electron chi connectivity index (χ1n) is 6.69. The molecule has 0 radical (unpaired) electrons. The highest BCUT2D eigenvalue weighted by atomic mass is 16.5. The number of ether oxygens (including phenoxy) is 3. The van der Waals surface area contributed by atoms with Gasteiger partial charge in [-0.05, 0) is 25.1 Å². The van der Waals surface area contributed by atoms with Crippen LogP contribution in [0, 0.1) is 11.3 Å². The first-order chi connectivity index (χ1) is 11.5. The molecule has 0 aromatic heterocycles. The predicted molar refractivity (Wildman–Crippen MR) is 82.4 cm³/mol. The Kier molecular flexibility index (Phi) is 6.91. The molecule has 0 aliphatic rings. The second-order valence-electron chi connectivity index (χ2n) is 4.19. The molecule has 0 fully saturated rings. The van der Waals surface area contributed by atoms with Gasteiger partial charge in [-0.1, -0.05) is 0 Å². The van der Waals surface area contributed by atoms with Gasteiger partial charge in [-0.15, -0.1) is 0 Å². The van der Waals surface area contributed by atoms with Gasteiger partial charge in [0.25, 0.3) is 0 Å². The molecule has 24 heavy (non-hydrogen) atoms. The molecule has 0 saturated heterocycles. The maximum absolute atomic E-state index is 11.7. The van der Waals surface area contributed by atoms with Crippen LogP contribution in [0.2, 0.25) is 0 Å². The molecular formula is C15H15N3O6. The summed E-state index contributed by atoms with van der Waals surface area (Å²) in [6.07, 6.45) is 0. The van der Waals surface area contributed by atoms with Crippen LogP contribution in [0.1, 0.15) is 27.6 Å². The first kappa shape index (κ1) is 18.6. The molecule has 0 atom stereocenters. The molecule has 0 amide bonds. The van der Waals surface area contributed by atoms with Crippen molar-refractivity contribution in [3.8, 4) is 6.07 Å². The summed E-state index contributed by atoms with van der Waals surface area (Å²) in [4.78, 5) is 34.8. The van der Waals surface area contributed by atoms with Crippen molar-refractivity contribution in [3.63, 3.8) is 0 Å². The van der Waals surface area contributed by atoms with Crippen LogP contribution in [0.4, 0.5) is 5.69 Å². The van der Waals surface area contributed by atoms with Crippen LogP contribution in [0.5, 0.6) is 0 Å². The molecule has 1 N–H and O–H groups in total. The minimum atomic E-state index is -0.898. The average molecular weight is 333 g/mol. The van der Waals surface area contributed by atoms with Gasteiger partial charge in [0.2, 0.25) is 5.71 Å². The summed E-state index contributed by atoms with van der Waals surface area (Å²) >= 11 is 0. The second-order valence-corrected chi connectivity index (χ2v) is 4.19. The highest BCUT2D eigenvalue weighted by molar-refractivity contribution is 6.43. The highest BCUT2D eigenvalue weighted by Crippen LogP contribution is 2.17. The molecule has 0 aliphatic carbocycles. The SMILES string of the molecule is CCOC(=O)C(C#N)=NNc1cc(C(=O)OC)cc(C(=O)OC)c1. The van der Waals surface area contributed by atoms with Crippen LogP contribution >= 0.6 is 0 Å². The van der Waals surface area contributed by atoms with E-state index < -0.39 is 23.6 Å². The monoisotopic (exact) mass is 333 g/mol. The predicted octanol–water partition coefficient (Wildman–Crippen LogP) is 1.11. The molecule has 1 rings (SSSR count). The van der Waals surface area contributed by atoms with E-state index in [0.29, 0.717) is 0 Å². The van der Waals surface area contributed by atoms with Crippen LogP contribution < -0.4 is 5.43 Å². The lowest BCUT2D eigenvalue weighted by Crippen LogP contribution is -2.17. The van der Waals surface area contributed by atoms with Crippen LogP contribution in [-0.4, -0.2) is 44.4 Å². The van der Waals surface area contributed by atoms with Crippen molar-refractivity contribution in [1.29, 1.82) is 5.26 Å². The molecule has 1 aromatic rings. The number of hydrogen-bond donors (Lipinski definition) is 1. The molecule has 9 heteroatoms. The number of nitriles is 1. The van der Waals surface area contributed by atoms with Gasteiger partial charge in [0.05, 0.1) is 37.6 Å². The van der Waals surface area contributed by atoms with Crippen molar-refractivity contribution in [1.82, 2.24) is 0 Å². The molecule has 0 aliphatic heterocycles. The zero-order valence-electron chi connectivity index (χ0n) is 13.3. The van der Waals surface area contributed by atoms with E-state index in [2.05, 4.69) is 24.7 Å². The van der Waals surface area contributed by atoms with E-state index in [1.54, 1.807) is 13.0 Å². The Morgan fingerprint density at radius 3 is 2.08 bits per heavy atom. The topological polar surface area (TPSA) is 127 Å². The van der Waals surface area contributed by atoms with Crippen LogP contribution in [-0.2, 0) is 19.0 Å². The third-order valence-electron chi connectivity index (χ3n) is 2.65. The number of esters is 3.